The molecule has 0 bridgehead atoms. The van der Waals surface area contributed by atoms with E-state index in [4.69, 9.17) is 15.2 Å². The van der Waals surface area contributed by atoms with E-state index < -0.39 is 0 Å². The zero-order valence-electron chi connectivity index (χ0n) is 10.4. The van der Waals surface area contributed by atoms with Crippen LogP contribution < -0.4 is 25.4 Å². The Hall–Kier alpha value is -1.46. The zero-order chi connectivity index (χ0) is 12.4. The topological polar surface area (TPSA) is 59.8 Å². The highest BCUT2D eigenvalue weighted by atomic mass is 16.6. The number of anilines is 1. The maximum absolute atomic E-state index is 5.78. The third kappa shape index (κ3) is 2.11. The second kappa shape index (κ2) is 5.04. The average molecular weight is 249 g/mol. The maximum Gasteiger partial charge on any atom is 0.184 e. The molecule has 3 N–H and O–H groups in total. The van der Waals surface area contributed by atoms with Gasteiger partial charge in [0.05, 0.1) is 5.69 Å². The Morgan fingerprint density at radius 3 is 2.72 bits per heavy atom. The number of hydrogen-bond acceptors (Lipinski definition) is 5. The summed E-state index contributed by atoms with van der Waals surface area (Å²) in [6.45, 7) is 5.74. The number of nitrogens with zero attached hydrogens (tertiary/aromatic N) is 1. The normalized spacial score (nSPS) is 18.8. The minimum atomic E-state index is 0.524. The molecule has 1 aromatic rings. The molecule has 0 amide bonds. The first-order valence-corrected chi connectivity index (χ1v) is 6.47. The third-order valence-corrected chi connectivity index (χ3v) is 3.38. The van der Waals surface area contributed by atoms with E-state index in [0.717, 1.165) is 48.9 Å². The summed E-state index contributed by atoms with van der Waals surface area (Å²) in [5.74, 6) is 1.71. The van der Waals surface area contributed by atoms with Crippen LogP contribution >= 0.6 is 0 Å². The van der Waals surface area contributed by atoms with Crippen molar-refractivity contribution in [2.45, 2.75) is 6.54 Å². The van der Waals surface area contributed by atoms with Gasteiger partial charge in [-0.1, -0.05) is 0 Å². The van der Waals surface area contributed by atoms with Gasteiger partial charge in [-0.05, 0) is 17.7 Å². The molecule has 2 aliphatic rings. The Labute approximate surface area is 107 Å². The minimum absolute atomic E-state index is 0.524. The molecular weight excluding hydrogens is 230 g/mol. The number of ether oxygens (including phenoxy) is 2. The fourth-order valence-corrected chi connectivity index (χ4v) is 2.45. The summed E-state index contributed by atoms with van der Waals surface area (Å²) in [5, 5.41) is 3.35. The van der Waals surface area contributed by atoms with Crippen LogP contribution in [0.4, 0.5) is 5.69 Å². The molecule has 0 unspecified atom stereocenters. The highest BCUT2D eigenvalue weighted by molar-refractivity contribution is 5.67. The molecule has 0 aromatic heterocycles. The van der Waals surface area contributed by atoms with Crippen LogP contribution in [-0.2, 0) is 6.54 Å². The monoisotopic (exact) mass is 249 g/mol. The molecule has 2 heterocycles. The maximum atomic E-state index is 5.78. The number of nitrogens with one attached hydrogen (secondary N) is 1. The summed E-state index contributed by atoms with van der Waals surface area (Å²) in [7, 11) is 0. The summed E-state index contributed by atoms with van der Waals surface area (Å²) in [6, 6.07) is 4.11. The van der Waals surface area contributed by atoms with Gasteiger partial charge >= 0.3 is 0 Å². The lowest BCUT2D eigenvalue weighted by atomic mass is 10.1. The molecule has 1 fully saturated rings. The first kappa shape index (κ1) is 11.6. The highest BCUT2D eigenvalue weighted by Gasteiger charge is 2.22. The summed E-state index contributed by atoms with van der Waals surface area (Å²) in [5.41, 5.74) is 7.96. The number of nitrogens with two attached hydrogens (primary N) is 1. The molecule has 1 aromatic carbocycles. The summed E-state index contributed by atoms with van der Waals surface area (Å²) >= 11 is 0. The lowest BCUT2D eigenvalue weighted by molar-refractivity contribution is 0.172. The Morgan fingerprint density at radius 2 is 1.94 bits per heavy atom. The van der Waals surface area contributed by atoms with Crippen molar-refractivity contribution in [3.8, 4) is 11.5 Å². The first-order valence-electron chi connectivity index (χ1n) is 6.47. The lowest BCUT2D eigenvalue weighted by Crippen LogP contribution is -2.43. The Kier molecular flexibility index (Phi) is 3.25. The molecule has 5 heteroatoms. The fraction of sp³-hybridized carbons (Fsp3) is 0.538. The van der Waals surface area contributed by atoms with Gasteiger partial charge in [-0.3, -0.25) is 0 Å². The standard InChI is InChI=1S/C13H19N3O2/c14-9-10-7-11(16-3-1-15-2-4-16)13-12(8-10)17-5-6-18-13/h7-8,15H,1-6,9,14H2. The van der Waals surface area contributed by atoms with E-state index in [-0.39, 0.29) is 0 Å². The van der Waals surface area contributed by atoms with Crippen LogP contribution in [0.1, 0.15) is 5.56 Å². The molecular formula is C13H19N3O2. The zero-order valence-corrected chi connectivity index (χ0v) is 10.4. The molecule has 5 nitrogen and oxygen atoms in total. The molecule has 0 saturated carbocycles. The third-order valence-electron chi connectivity index (χ3n) is 3.38. The molecule has 0 spiro atoms. The first-order chi connectivity index (χ1) is 8.88. The molecule has 0 atom stereocenters. The largest absolute Gasteiger partial charge is 0.486 e. The predicted molar refractivity (Wildman–Crippen MR) is 70.4 cm³/mol. The Morgan fingerprint density at radius 1 is 1.17 bits per heavy atom. The van der Waals surface area contributed by atoms with Gasteiger partial charge in [0, 0.05) is 32.7 Å². The summed E-state index contributed by atoms with van der Waals surface area (Å²) in [6.07, 6.45) is 0. The van der Waals surface area contributed by atoms with E-state index in [0.29, 0.717) is 19.8 Å². The van der Waals surface area contributed by atoms with Crippen LogP contribution in [0.25, 0.3) is 0 Å². The van der Waals surface area contributed by atoms with Gasteiger partial charge in [0.1, 0.15) is 13.2 Å². The molecule has 0 radical (unpaired) electrons. The van der Waals surface area contributed by atoms with Crippen LogP contribution in [0.15, 0.2) is 12.1 Å². The SMILES string of the molecule is NCc1cc2c(c(N3CCNCC3)c1)OCCO2. The van der Waals surface area contributed by atoms with Crippen LogP contribution in [0.3, 0.4) is 0 Å². The second-order valence-corrected chi connectivity index (χ2v) is 4.58. The van der Waals surface area contributed by atoms with E-state index in [1.807, 2.05) is 6.07 Å². The van der Waals surface area contributed by atoms with Gasteiger partial charge in [0.15, 0.2) is 11.5 Å². The summed E-state index contributed by atoms with van der Waals surface area (Å²) < 4.78 is 11.5. The van der Waals surface area contributed by atoms with Crippen molar-refractivity contribution in [3.63, 3.8) is 0 Å². The number of fused-ring (bicyclic) bond motifs is 1. The second-order valence-electron chi connectivity index (χ2n) is 4.58. The molecule has 0 aliphatic carbocycles. The van der Waals surface area contributed by atoms with Crippen molar-refractivity contribution in [2.24, 2.45) is 5.73 Å². The van der Waals surface area contributed by atoms with E-state index in [1.54, 1.807) is 0 Å². The van der Waals surface area contributed by atoms with Crippen molar-refractivity contribution in [1.29, 1.82) is 0 Å². The number of benzene rings is 1. The smallest absolute Gasteiger partial charge is 0.184 e. The Bertz CT molecular complexity index is 430. The fourth-order valence-electron chi connectivity index (χ4n) is 2.45. The van der Waals surface area contributed by atoms with Crippen molar-refractivity contribution < 1.29 is 9.47 Å². The highest BCUT2D eigenvalue weighted by Crippen LogP contribution is 2.41. The van der Waals surface area contributed by atoms with Gasteiger partial charge in [-0.2, -0.15) is 0 Å². The van der Waals surface area contributed by atoms with Crippen molar-refractivity contribution in [3.05, 3.63) is 17.7 Å². The van der Waals surface area contributed by atoms with Crippen molar-refractivity contribution >= 4 is 5.69 Å². The van der Waals surface area contributed by atoms with Crippen LogP contribution in [0.5, 0.6) is 11.5 Å². The number of piperazine rings is 1. The number of rotatable bonds is 2. The van der Waals surface area contributed by atoms with E-state index in [9.17, 15) is 0 Å². The van der Waals surface area contributed by atoms with Crippen molar-refractivity contribution in [2.75, 3.05) is 44.3 Å². The average Bonchev–Trinajstić information content (AvgIpc) is 2.47. The minimum Gasteiger partial charge on any atom is -0.486 e. The van der Waals surface area contributed by atoms with Gasteiger partial charge in [0.2, 0.25) is 0 Å². The molecule has 18 heavy (non-hydrogen) atoms. The van der Waals surface area contributed by atoms with Gasteiger partial charge in [-0.25, -0.2) is 0 Å². The lowest BCUT2D eigenvalue weighted by Gasteiger charge is -2.33. The van der Waals surface area contributed by atoms with Crippen LogP contribution in [0.2, 0.25) is 0 Å². The summed E-state index contributed by atoms with van der Waals surface area (Å²) in [4.78, 5) is 2.34. The molecule has 98 valence electrons. The van der Waals surface area contributed by atoms with E-state index in [1.165, 1.54) is 0 Å². The predicted octanol–water partition coefficient (Wildman–Crippen LogP) is 0.326. The quantitative estimate of drug-likeness (QED) is 0.791. The van der Waals surface area contributed by atoms with Gasteiger partial charge < -0.3 is 25.4 Å². The van der Waals surface area contributed by atoms with E-state index >= 15 is 0 Å². The van der Waals surface area contributed by atoms with Crippen molar-refractivity contribution in [1.82, 2.24) is 5.32 Å². The van der Waals surface area contributed by atoms with Crippen LogP contribution in [-0.4, -0.2) is 39.4 Å². The Balaban J connectivity index is 1.99. The molecule has 1 saturated heterocycles. The van der Waals surface area contributed by atoms with Crippen LogP contribution in [0, 0.1) is 0 Å². The van der Waals surface area contributed by atoms with Gasteiger partial charge in [-0.15, -0.1) is 0 Å². The number of hydrogen-bond donors (Lipinski definition) is 2. The van der Waals surface area contributed by atoms with Gasteiger partial charge in [0.25, 0.3) is 0 Å². The van der Waals surface area contributed by atoms with E-state index in [2.05, 4.69) is 16.3 Å². The molecule has 2 aliphatic heterocycles. The molecule has 3 rings (SSSR count).